The molecule has 0 bridgehead atoms. The second-order valence-electron chi connectivity index (χ2n) is 42.7. The Hall–Kier alpha value is -5.82. The Labute approximate surface area is 917 Å². The molecule has 0 amide bonds. The number of hydrogen-bond donors (Lipinski definition) is 6. The highest BCUT2D eigenvalue weighted by molar-refractivity contribution is 9.11. The zero-order valence-corrected chi connectivity index (χ0v) is 105. The maximum atomic E-state index is 13.1. The van der Waals surface area contributed by atoms with Gasteiger partial charge in [-0.25, -0.2) is 8.78 Å². The maximum absolute atomic E-state index is 13.1. The van der Waals surface area contributed by atoms with E-state index in [1.807, 2.05) is 165 Å². The minimum atomic E-state index is -0.268. The van der Waals surface area contributed by atoms with Crippen molar-refractivity contribution in [1.29, 1.82) is 0 Å². The molecular weight excluding hydrogens is 2130 g/mol. The van der Waals surface area contributed by atoms with E-state index in [0.717, 1.165) is 72.3 Å². The molecule has 0 saturated heterocycles. The van der Waals surface area contributed by atoms with E-state index >= 15 is 0 Å². The fourth-order valence-corrected chi connectivity index (χ4v) is 19.0. The quantitative estimate of drug-likeness (QED) is 0.0900. The van der Waals surface area contributed by atoms with Crippen molar-refractivity contribution in [3.8, 4) is 5.75 Å². The van der Waals surface area contributed by atoms with Crippen molar-refractivity contribution >= 4 is 122 Å². The second kappa shape index (κ2) is 75.0. The van der Waals surface area contributed by atoms with Gasteiger partial charge in [0.2, 0.25) is 0 Å². The molecule has 11 aromatic rings. The minimum absolute atomic E-state index is 0.0329. The lowest BCUT2D eigenvalue weighted by Gasteiger charge is -2.23. The van der Waals surface area contributed by atoms with Gasteiger partial charge in [0.25, 0.3) is 0 Å². The third-order valence-electron chi connectivity index (χ3n) is 19.4. The van der Waals surface area contributed by atoms with E-state index in [2.05, 4.69) is 382 Å². The predicted molar refractivity (Wildman–Crippen MR) is 639 cm³/mol. The van der Waals surface area contributed by atoms with E-state index in [1.165, 1.54) is 97.3 Å². The summed E-state index contributed by atoms with van der Waals surface area (Å²) < 4.78 is 40.3. The fraction of sp³-hybridized carbons (Fsp3) is 0.463. The number of aliphatic hydroxyl groups excluding tert-OH is 5. The molecule has 11 rings (SSSR count). The second-order valence-corrected chi connectivity index (χ2v) is 48.1. The van der Waals surface area contributed by atoms with Crippen LogP contribution >= 0.6 is 122 Å². The summed E-state index contributed by atoms with van der Waals surface area (Å²) in [6, 6.07) is 78.7. The molecule has 0 spiro atoms. The number of halogens is 12. The molecule has 11 aromatic carbocycles. The summed E-state index contributed by atoms with van der Waals surface area (Å²) in [7, 11) is 5.50. The maximum Gasteiger partial charge on any atom is 0.126 e. The van der Waals surface area contributed by atoms with Crippen molar-refractivity contribution < 1.29 is 43.8 Å². The molecule has 0 radical (unpaired) electrons. The van der Waals surface area contributed by atoms with Gasteiger partial charge in [0.05, 0.1) is 7.18 Å². The summed E-state index contributed by atoms with van der Waals surface area (Å²) in [4.78, 5) is 0. The van der Waals surface area contributed by atoms with Gasteiger partial charge in [0, 0.05) is 78.6 Å². The summed E-state index contributed by atoms with van der Waals surface area (Å²) in [5, 5.41) is 48.0. The smallest absolute Gasteiger partial charge is 0.126 e. The lowest BCUT2D eigenvalue weighted by Crippen LogP contribution is -2.14. The predicted octanol–water partition coefficient (Wildman–Crippen LogP) is 40.7. The number of aryl methyl sites for hydroxylation is 3. The zero-order chi connectivity index (χ0) is 113. The molecule has 18 heteroatoms. The topological polar surface area (TPSA) is 121 Å². The molecule has 0 atom stereocenters. The Balaban J connectivity index is -0.000000227. The highest BCUT2D eigenvalue weighted by Gasteiger charge is 2.25. The number of phenolic OH excluding ortho intramolecular Hbond substituents is 1. The first-order valence-corrected chi connectivity index (χ1v) is 52.5. The van der Waals surface area contributed by atoms with E-state index in [0.29, 0.717) is 17.9 Å². The summed E-state index contributed by atoms with van der Waals surface area (Å²) in [6.07, 6.45) is 0. The van der Waals surface area contributed by atoms with Gasteiger partial charge in [-0.2, -0.15) is 0 Å². The third-order valence-corrected chi connectivity index (χ3v) is 23.7. The number of aromatic hydroxyl groups is 1. The Morgan fingerprint density at radius 3 is 0.574 bits per heavy atom. The van der Waals surface area contributed by atoms with Gasteiger partial charge in [-0.05, 0) is 237 Å². The molecule has 0 aliphatic rings. The van der Waals surface area contributed by atoms with Gasteiger partial charge in [-0.15, -0.1) is 0 Å². The van der Waals surface area contributed by atoms with Crippen LogP contribution in [0.3, 0.4) is 0 Å². The van der Waals surface area contributed by atoms with Crippen molar-refractivity contribution in [2.45, 2.75) is 337 Å². The number of phenols is 1. The first-order valence-electron chi connectivity index (χ1n) is 47.4. The van der Waals surface area contributed by atoms with Crippen LogP contribution in [-0.4, -0.2) is 73.4 Å². The Morgan fingerprint density at radius 1 is 0.220 bits per heavy atom. The van der Waals surface area contributed by atoms with Crippen LogP contribution in [0.1, 0.15) is 334 Å². The lowest BCUT2D eigenvalue weighted by atomic mass is 9.83. The normalized spacial score (nSPS) is 10.7. The molecule has 796 valence electrons. The molecule has 0 aliphatic carbocycles. The molecule has 6 nitrogen and oxygen atoms in total. The molecule has 0 fully saturated rings. The molecule has 0 aromatic heterocycles. The van der Waals surface area contributed by atoms with Crippen LogP contribution in [0.15, 0.2) is 261 Å². The molecule has 6 N–H and O–H groups in total. The van der Waals surface area contributed by atoms with Crippen LogP contribution in [-0.2, 0) is 59.6 Å². The third kappa shape index (κ3) is 64.8. The van der Waals surface area contributed by atoms with Gasteiger partial charge < -0.3 is 30.6 Å². The number of benzene rings is 11. The largest absolute Gasteiger partial charge is 0.508 e. The number of alkyl halides is 1. The minimum Gasteiger partial charge on any atom is -0.508 e. The Morgan fingerprint density at radius 2 is 0.411 bits per heavy atom. The molecule has 0 unspecified atom stereocenters. The van der Waals surface area contributed by atoms with Gasteiger partial charge in [-0.3, -0.25) is 4.39 Å². The highest BCUT2D eigenvalue weighted by atomic mass is 79.9. The van der Waals surface area contributed by atoms with Crippen molar-refractivity contribution in [2.75, 3.05) is 42.7 Å². The molecular formula is C123H184Br4Cl5F3O6. The van der Waals surface area contributed by atoms with Crippen molar-refractivity contribution in [3.05, 3.63) is 375 Å². The molecule has 0 aliphatic heterocycles. The first kappa shape index (κ1) is 150. The van der Waals surface area contributed by atoms with Crippen molar-refractivity contribution in [2.24, 2.45) is 0 Å². The monoisotopic (exact) mass is 2300 g/mol. The molecule has 0 saturated carbocycles. The van der Waals surface area contributed by atoms with Gasteiger partial charge in [-0.1, -0.05) is 542 Å². The highest BCUT2D eigenvalue weighted by Crippen LogP contribution is 2.39. The van der Waals surface area contributed by atoms with E-state index in [-0.39, 0.29) is 71.2 Å². The van der Waals surface area contributed by atoms with Crippen LogP contribution in [0, 0.1) is 32.4 Å². The number of hydrogen-bond acceptors (Lipinski definition) is 6. The zero-order valence-electron chi connectivity index (χ0n) is 94.8. The van der Waals surface area contributed by atoms with Crippen molar-refractivity contribution in [3.63, 3.8) is 0 Å². The lowest BCUT2D eigenvalue weighted by molar-refractivity contribution is 0.399. The van der Waals surface area contributed by atoms with Crippen LogP contribution in [0.2, 0.25) is 25.1 Å². The Bertz CT molecular complexity index is 4300. The Kier molecular flexibility index (Phi) is 80.0. The molecule has 0 heterocycles. The average Bonchev–Trinajstić information content (AvgIpc) is 0.807. The van der Waals surface area contributed by atoms with Gasteiger partial charge in [0.15, 0.2) is 0 Å². The van der Waals surface area contributed by atoms with Crippen LogP contribution in [0.5, 0.6) is 5.75 Å². The van der Waals surface area contributed by atoms with Crippen LogP contribution < -0.4 is 0 Å². The van der Waals surface area contributed by atoms with Crippen molar-refractivity contribution in [1.82, 2.24) is 0 Å². The van der Waals surface area contributed by atoms with Gasteiger partial charge >= 0.3 is 0 Å². The average molecular weight is 2310 g/mol. The van der Waals surface area contributed by atoms with E-state index in [1.54, 1.807) is 18.2 Å². The summed E-state index contributed by atoms with van der Waals surface area (Å²) >= 11 is 44.4. The van der Waals surface area contributed by atoms with E-state index < -0.39 is 0 Å². The van der Waals surface area contributed by atoms with Gasteiger partial charge in [0.1, 0.15) is 17.4 Å². The first-order chi connectivity index (χ1) is 64.8. The summed E-state index contributed by atoms with van der Waals surface area (Å²) in [6.45, 7) is 85.4. The standard InChI is InChI=1S/C12H17Cl.C11H14ClF.4C10H13Br.3C10H13Cl.C10H13F.C10H14O.2C2H6.CH3F.5CH4O/c1-8-6-9(2)11(10(13)7-8)12(3,4)5;1-7-5-8(13)6-9(12)10(7)11(2,3)4;8*1-10(2,3)8-6-4-5-7-9(8)11;1-10(2,3)8-4-6-9(11)7-5-8;8*1-2/h6-7H,1-5H3;5-6H,1-4H3;8*4-7H,1-3H3;4-7,11H,1-3H3;2*1-2H3;1H3;5*2H,1H3. The van der Waals surface area contributed by atoms with E-state index in [4.69, 9.17) is 88.6 Å². The summed E-state index contributed by atoms with van der Waals surface area (Å²) in [5.74, 6) is -0.0477. The van der Waals surface area contributed by atoms with Crippen LogP contribution in [0.4, 0.5) is 13.2 Å². The summed E-state index contributed by atoms with van der Waals surface area (Å²) in [5.41, 5.74) is 18.4. The van der Waals surface area contributed by atoms with E-state index in [9.17, 15) is 13.2 Å². The molecule has 141 heavy (non-hydrogen) atoms. The SMILES string of the molecule is CC.CC.CC(C)(C)c1ccc(O)cc1.CC(C)(C)c1ccccc1Br.CC(C)(C)c1ccccc1Br.CC(C)(C)c1ccccc1Br.CC(C)(C)c1ccccc1Br.CC(C)(C)c1ccccc1Cl.CC(C)(C)c1ccccc1Cl.CC(C)(C)c1ccccc1Cl.CC(C)(C)c1ccccc1F.CF.CO.CO.CO.CO.CO.Cc1cc(C)c(C(C)(C)C)c(Cl)c1.Cc1cc(F)cc(Cl)c1C(C)(C)C. The van der Waals surface area contributed by atoms with Crippen LogP contribution in [0.25, 0.3) is 0 Å². The number of rotatable bonds is 0. The number of aliphatic hydroxyl groups is 5. The fourth-order valence-electron chi connectivity index (χ4n) is 13.0.